The minimum Gasteiger partial charge on any atom is -0.388 e. The number of carbonyl (C=O) groups is 1. The number of hydrogen-bond acceptors (Lipinski definition) is 5. The van der Waals surface area contributed by atoms with Crippen LogP contribution in [0.5, 0.6) is 0 Å². The summed E-state index contributed by atoms with van der Waals surface area (Å²) in [5, 5.41) is 18.4. The van der Waals surface area contributed by atoms with Gasteiger partial charge in [0.1, 0.15) is 18.1 Å². The highest BCUT2D eigenvalue weighted by Crippen LogP contribution is 2.23. The zero-order valence-electron chi connectivity index (χ0n) is 15.4. The van der Waals surface area contributed by atoms with Crippen molar-refractivity contribution < 1.29 is 9.90 Å². The number of hydrogen-bond donors (Lipinski definition) is 1. The molecule has 0 bridgehead atoms. The largest absolute Gasteiger partial charge is 0.388 e. The zero-order valence-corrected chi connectivity index (χ0v) is 15.4. The van der Waals surface area contributed by atoms with E-state index in [2.05, 4.69) is 15.2 Å². The van der Waals surface area contributed by atoms with Gasteiger partial charge in [-0.2, -0.15) is 0 Å². The zero-order chi connectivity index (χ0) is 18.8. The third kappa shape index (κ3) is 3.55. The number of piperidine rings is 1. The van der Waals surface area contributed by atoms with Gasteiger partial charge in [-0.3, -0.25) is 4.79 Å². The van der Waals surface area contributed by atoms with Crippen LogP contribution in [0.4, 0.5) is 0 Å². The topological polar surface area (TPSA) is 84.1 Å². The second-order valence-corrected chi connectivity index (χ2v) is 7.08. The number of nitrogens with zero attached hydrogens (tertiary/aromatic N) is 5. The van der Waals surface area contributed by atoms with Crippen molar-refractivity contribution in [1.29, 1.82) is 0 Å². The molecule has 1 amide bonds. The predicted octanol–water partition coefficient (Wildman–Crippen LogP) is 1.95. The van der Waals surface area contributed by atoms with Crippen molar-refractivity contribution in [2.45, 2.75) is 25.9 Å². The van der Waals surface area contributed by atoms with Crippen LogP contribution in [0, 0.1) is 5.92 Å². The highest BCUT2D eigenvalue weighted by atomic mass is 16.3. The van der Waals surface area contributed by atoms with Crippen molar-refractivity contribution in [1.82, 2.24) is 24.6 Å². The minimum atomic E-state index is -0.102. The summed E-state index contributed by atoms with van der Waals surface area (Å²) in [6, 6.07) is 11.6. The number of rotatable bonds is 4. The highest BCUT2D eigenvalue weighted by molar-refractivity contribution is 5.94. The summed E-state index contributed by atoms with van der Waals surface area (Å²) in [4.78, 5) is 19.2. The number of benzene rings is 1. The fourth-order valence-electron chi connectivity index (χ4n) is 3.66. The Morgan fingerprint density at radius 3 is 2.59 bits per heavy atom. The number of fused-ring (bicyclic) bond motifs is 1. The van der Waals surface area contributed by atoms with Gasteiger partial charge in [0.25, 0.3) is 5.91 Å². The first-order chi connectivity index (χ1) is 13.2. The number of para-hydroxylation sites is 1. The third-order valence-electron chi connectivity index (χ3n) is 5.39. The van der Waals surface area contributed by atoms with Crippen LogP contribution >= 0.6 is 0 Å². The van der Waals surface area contributed by atoms with E-state index in [1.807, 2.05) is 52.9 Å². The van der Waals surface area contributed by atoms with Crippen LogP contribution in [0.15, 0.2) is 36.4 Å². The molecule has 1 aliphatic heterocycles. The molecule has 7 nitrogen and oxygen atoms in total. The molecule has 0 spiro atoms. The van der Waals surface area contributed by atoms with E-state index in [0.29, 0.717) is 17.4 Å². The van der Waals surface area contributed by atoms with Crippen LogP contribution in [0.1, 0.15) is 35.0 Å². The van der Waals surface area contributed by atoms with E-state index in [0.717, 1.165) is 49.1 Å². The van der Waals surface area contributed by atoms with E-state index in [4.69, 9.17) is 0 Å². The van der Waals surface area contributed by atoms with E-state index in [9.17, 15) is 9.90 Å². The van der Waals surface area contributed by atoms with E-state index >= 15 is 0 Å². The number of aliphatic hydroxyl groups excluding tert-OH is 1. The van der Waals surface area contributed by atoms with Crippen LogP contribution in [-0.4, -0.2) is 48.8 Å². The molecule has 3 aromatic rings. The molecule has 0 atom stereocenters. The number of aliphatic hydroxyl groups is 1. The molecule has 27 heavy (non-hydrogen) atoms. The van der Waals surface area contributed by atoms with Crippen LogP contribution in [0.25, 0.3) is 10.9 Å². The molecule has 0 aliphatic carbocycles. The predicted molar refractivity (Wildman–Crippen MR) is 101 cm³/mol. The summed E-state index contributed by atoms with van der Waals surface area (Å²) in [6.45, 7) is 1.35. The van der Waals surface area contributed by atoms with Gasteiger partial charge in [0, 0.05) is 31.9 Å². The fourth-order valence-corrected chi connectivity index (χ4v) is 3.66. The lowest BCUT2D eigenvalue weighted by atomic mass is 9.93. The van der Waals surface area contributed by atoms with Crippen LogP contribution in [-0.2, 0) is 20.1 Å². The molecule has 1 saturated heterocycles. The normalized spacial score (nSPS) is 15.4. The van der Waals surface area contributed by atoms with Gasteiger partial charge in [0.05, 0.1) is 5.52 Å². The number of pyridine rings is 1. The average Bonchev–Trinajstić information content (AvgIpc) is 3.07. The summed E-state index contributed by atoms with van der Waals surface area (Å²) in [6.07, 6.45) is 2.68. The molecule has 0 radical (unpaired) electrons. The molecule has 140 valence electrons. The Balaban J connectivity index is 1.39. The summed E-state index contributed by atoms with van der Waals surface area (Å²) in [5.74, 6) is 1.94. The monoisotopic (exact) mass is 365 g/mol. The molecule has 4 rings (SSSR count). The Morgan fingerprint density at radius 1 is 1.11 bits per heavy atom. The molecular weight excluding hydrogens is 342 g/mol. The van der Waals surface area contributed by atoms with Gasteiger partial charge >= 0.3 is 0 Å². The SMILES string of the molecule is Cn1c(CO)nnc1CC1CCN(C(=O)c2ccc3ccccc3n2)CC1. The summed E-state index contributed by atoms with van der Waals surface area (Å²) in [7, 11) is 1.88. The molecule has 1 aromatic carbocycles. The molecule has 0 saturated carbocycles. The summed E-state index contributed by atoms with van der Waals surface area (Å²) in [5.41, 5.74) is 1.35. The molecule has 2 aromatic heterocycles. The fraction of sp³-hybridized carbons (Fsp3) is 0.400. The lowest BCUT2D eigenvalue weighted by Crippen LogP contribution is -2.39. The van der Waals surface area contributed by atoms with Crippen molar-refractivity contribution in [3.8, 4) is 0 Å². The molecule has 3 heterocycles. The van der Waals surface area contributed by atoms with Crippen molar-refractivity contribution in [2.24, 2.45) is 13.0 Å². The van der Waals surface area contributed by atoms with E-state index in [1.165, 1.54) is 0 Å². The van der Waals surface area contributed by atoms with E-state index < -0.39 is 0 Å². The van der Waals surface area contributed by atoms with Crippen LogP contribution in [0.3, 0.4) is 0 Å². The molecule has 1 aliphatic rings. The Kier molecular flexibility index (Phi) is 4.85. The molecule has 1 N–H and O–H groups in total. The van der Waals surface area contributed by atoms with Gasteiger partial charge in [0.15, 0.2) is 5.82 Å². The molecule has 7 heteroatoms. The lowest BCUT2D eigenvalue weighted by molar-refractivity contribution is 0.0684. The van der Waals surface area contributed by atoms with Crippen molar-refractivity contribution in [3.05, 3.63) is 53.7 Å². The lowest BCUT2D eigenvalue weighted by Gasteiger charge is -2.31. The van der Waals surface area contributed by atoms with Gasteiger partial charge < -0.3 is 14.6 Å². The smallest absolute Gasteiger partial charge is 0.272 e. The van der Waals surface area contributed by atoms with Gasteiger partial charge in [-0.05, 0) is 30.9 Å². The maximum atomic E-state index is 12.8. The van der Waals surface area contributed by atoms with Crippen LogP contribution in [0.2, 0.25) is 0 Å². The third-order valence-corrected chi connectivity index (χ3v) is 5.39. The highest BCUT2D eigenvalue weighted by Gasteiger charge is 2.25. The maximum absolute atomic E-state index is 12.8. The van der Waals surface area contributed by atoms with Crippen molar-refractivity contribution in [2.75, 3.05) is 13.1 Å². The first-order valence-electron chi connectivity index (χ1n) is 9.29. The number of carbonyl (C=O) groups excluding carboxylic acids is 1. The summed E-state index contributed by atoms with van der Waals surface area (Å²) >= 11 is 0. The second-order valence-electron chi connectivity index (χ2n) is 7.08. The van der Waals surface area contributed by atoms with Crippen LogP contribution < -0.4 is 0 Å². The first kappa shape index (κ1) is 17.6. The number of likely N-dealkylation sites (tertiary alicyclic amines) is 1. The maximum Gasteiger partial charge on any atom is 0.272 e. The Hall–Kier alpha value is -2.80. The van der Waals surface area contributed by atoms with Gasteiger partial charge in [-0.25, -0.2) is 4.98 Å². The molecular formula is C20H23N5O2. The minimum absolute atomic E-state index is 0.000396. The standard InChI is InChI=1S/C20H23N5O2/c1-24-18(22-23-19(24)13-26)12-14-8-10-25(11-9-14)20(27)17-7-6-15-4-2-3-5-16(15)21-17/h2-7,14,26H,8-13H2,1H3. The van der Waals surface area contributed by atoms with E-state index in [1.54, 1.807) is 0 Å². The van der Waals surface area contributed by atoms with Gasteiger partial charge in [-0.15, -0.1) is 10.2 Å². The quantitative estimate of drug-likeness (QED) is 0.764. The van der Waals surface area contributed by atoms with Gasteiger partial charge in [-0.1, -0.05) is 24.3 Å². The van der Waals surface area contributed by atoms with Gasteiger partial charge in [0.2, 0.25) is 0 Å². The molecule has 0 unspecified atom stereocenters. The Bertz CT molecular complexity index is 960. The Labute approximate surface area is 157 Å². The van der Waals surface area contributed by atoms with E-state index in [-0.39, 0.29) is 12.5 Å². The average molecular weight is 365 g/mol. The number of amides is 1. The number of aromatic nitrogens is 4. The van der Waals surface area contributed by atoms with Crippen molar-refractivity contribution >= 4 is 16.8 Å². The summed E-state index contributed by atoms with van der Waals surface area (Å²) < 4.78 is 1.86. The second kappa shape index (κ2) is 7.44. The Morgan fingerprint density at radius 2 is 1.85 bits per heavy atom. The molecule has 1 fully saturated rings. The first-order valence-corrected chi connectivity index (χ1v) is 9.29. The van der Waals surface area contributed by atoms with Crippen molar-refractivity contribution in [3.63, 3.8) is 0 Å².